The number of ether oxygens (including phenoxy) is 2. The van der Waals surface area contributed by atoms with Crippen molar-refractivity contribution in [1.82, 2.24) is 0 Å². The minimum absolute atomic E-state index is 0.261. The highest BCUT2D eigenvalue weighted by atomic mass is 16.6. The van der Waals surface area contributed by atoms with E-state index in [2.05, 4.69) is 19.1 Å². The van der Waals surface area contributed by atoms with Crippen LogP contribution in [0.5, 0.6) is 0 Å². The first-order valence-electron chi connectivity index (χ1n) is 10.6. The van der Waals surface area contributed by atoms with E-state index in [1.807, 2.05) is 0 Å². The molecule has 0 radical (unpaired) electrons. The Kier molecular flexibility index (Phi) is 14.1. The zero-order chi connectivity index (χ0) is 19.0. The summed E-state index contributed by atoms with van der Waals surface area (Å²) >= 11 is 0. The highest BCUT2D eigenvalue weighted by Crippen LogP contribution is 2.20. The molecule has 1 aliphatic rings. The second kappa shape index (κ2) is 15.6. The van der Waals surface area contributed by atoms with Crippen molar-refractivity contribution in [3.8, 4) is 0 Å². The molecule has 1 aliphatic heterocycles. The topological polar surface area (TPSA) is 79.2 Å². The maximum Gasteiger partial charge on any atom is 0.114 e. The van der Waals surface area contributed by atoms with Gasteiger partial charge in [-0.15, -0.1) is 0 Å². The first kappa shape index (κ1) is 23.6. The van der Waals surface area contributed by atoms with Crippen molar-refractivity contribution in [3.05, 3.63) is 12.2 Å². The summed E-state index contributed by atoms with van der Waals surface area (Å²) in [6.45, 7) is 2.66. The highest BCUT2D eigenvalue weighted by Gasteiger charge is 2.40. The lowest BCUT2D eigenvalue weighted by Gasteiger charge is -2.20. The number of hydrogen-bond donors (Lipinski definition) is 3. The number of hydrogen-bond acceptors (Lipinski definition) is 5. The summed E-state index contributed by atoms with van der Waals surface area (Å²) in [5, 5.41) is 28.5. The minimum Gasteiger partial charge on any atom is -0.394 e. The Morgan fingerprint density at radius 2 is 1.62 bits per heavy atom. The van der Waals surface area contributed by atoms with E-state index in [9.17, 15) is 10.2 Å². The lowest BCUT2D eigenvalue weighted by atomic mass is 10.1. The molecule has 0 aliphatic carbocycles. The summed E-state index contributed by atoms with van der Waals surface area (Å²) in [7, 11) is 0. The first-order valence-corrected chi connectivity index (χ1v) is 10.6. The van der Waals surface area contributed by atoms with Gasteiger partial charge in [0.25, 0.3) is 0 Å². The number of aliphatic hydroxyl groups is 3. The molecule has 5 nitrogen and oxygen atoms in total. The van der Waals surface area contributed by atoms with Crippen LogP contribution in [0.25, 0.3) is 0 Å². The standard InChI is InChI=1S/C21H40O5/c1-2-3-4-5-6-7-8-9-10-11-12-13-14-15-25-19-17-26-21(20(19)24)18(23)16-22/h11-12,18-24H,2-10,13-17H2,1H3/b12-11+/t18-,19+,20+,21+/m0/s1. The molecule has 3 N–H and O–H groups in total. The van der Waals surface area contributed by atoms with Gasteiger partial charge in [-0.1, -0.05) is 64.0 Å². The SMILES string of the molecule is CCCCCCCCCC/C=C/CCCO[C@@H]1CO[C@H]([C@@H](O)CO)[C@@H]1O. The summed E-state index contributed by atoms with van der Waals surface area (Å²) in [4.78, 5) is 0. The largest absolute Gasteiger partial charge is 0.394 e. The third-order valence-electron chi connectivity index (χ3n) is 4.97. The average molecular weight is 373 g/mol. The van der Waals surface area contributed by atoms with Gasteiger partial charge in [-0.05, 0) is 25.7 Å². The maximum atomic E-state index is 10.0. The highest BCUT2D eigenvalue weighted by molar-refractivity contribution is 4.89. The van der Waals surface area contributed by atoms with E-state index < -0.39 is 31.0 Å². The molecule has 1 heterocycles. The van der Waals surface area contributed by atoms with Gasteiger partial charge in [-0.2, -0.15) is 0 Å². The predicted octanol–water partition coefficient (Wildman–Crippen LogP) is 3.35. The number of unbranched alkanes of at least 4 members (excludes halogenated alkanes) is 9. The Balaban J connectivity index is 1.91. The van der Waals surface area contributed by atoms with Crippen LogP contribution in [0.3, 0.4) is 0 Å². The maximum absolute atomic E-state index is 10.0. The van der Waals surface area contributed by atoms with Crippen molar-refractivity contribution < 1.29 is 24.8 Å². The van der Waals surface area contributed by atoms with Crippen LogP contribution in [-0.2, 0) is 9.47 Å². The Labute approximate surface area is 159 Å². The van der Waals surface area contributed by atoms with Gasteiger partial charge in [0.05, 0.1) is 13.2 Å². The van der Waals surface area contributed by atoms with E-state index in [4.69, 9.17) is 14.6 Å². The van der Waals surface area contributed by atoms with Gasteiger partial charge in [-0.3, -0.25) is 0 Å². The van der Waals surface area contributed by atoms with E-state index in [-0.39, 0.29) is 6.61 Å². The second-order valence-corrected chi connectivity index (χ2v) is 7.32. The van der Waals surface area contributed by atoms with E-state index in [1.54, 1.807) is 0 Å². The fourth-order valence-corrected chi connectivity index (χ4v) is 3.27. The Morgan fingerprint density at radius 3 is 2.27 bits per heavy atom. The van der Waals surface area contributed by atoms with Crippen LogP contribution in [-0.4, -0.2) is 59.6 Å². The van der Waals surface area contributed by atoms with Gasteiger partial charge in [0.1, 0.15) is 24.4 Å². The summed E-state index contributed by atoms with van der Waals surface area (Å²) in [6.07, 6.45) is 15.3. The van der Waals surface area contributed by atoms with Crippen LogP contribution in [0.1, 0.15) is 77.6 Å². The quantitative estimate of drug-likeness (QED) is 0.286. The zero-order valence-electron chi connectivity index (χ0n) is 16.5. The van der Waals surface area contributed by atoms with Crippen molar-refractivity contribution in [3.63, 3.8) is 0 Å². The molecule has 1 fully saturated rings. The second-order valence-electron chi connectivity index (χ2n) is 7.32. The average Bonchev–Trinajstić information content (AvgIpc) is 3.02. The van der Waals surface area contributed by atoms with Crippen LogP contribution in [0, 0.1) is 0 Å². The van der Waals surface area contributed by atoms with Gasteiger partial charge in [0, 0.05) is 6.61 Å². The molecule has 154 valence electrons. The monoisotopic (exact) mass is 372 g/mol. The van der Waals surface area contributed by atoms with Crippen molar-refractivity contribution in [2.45, 2.75) is 102 Å². The van der Waals surface area contributed by atoms with Crippen LogP contribution in [0.2, 0.25) is 0 Å². The molecule has 0 aromatic carbocycles. The minimum atomic E-state index is -1.06. The van der Waals surface area contributed by atoms with Crippen LogP contribution in [0.15, 0.2) is 12.2 Å². The fraction of sp³-hybridized carbons (Fsp3) is 0.905. The van der Waals surface area contributed by atoms with Gasteiger partial charge in [0.15, 0.2) is 0 Å². The molecule has 0 aromatic rings. The third kappa shape index (κ3) is 10.0. The summed E-state index contributed by atoms with van der Waals surface area (Å²) < 4.78 is 10.9. The van der Waals surface area contributed by atoms with Crippen molar-refractivity contribution in [2.75, 3.05) is 19.8 Å². The predicted molar refractivity (Wildman–Crippen MR) is 104 cm³/mol. The number of rotatable bonds is 16. The molecule has 1 saturated heterocycles. The van der Waals surface area contributed by atoms with E-state index in [1.165, 1.54) is 51.4 Å². The van der Waals surface area contributed by atoms with Crippen molar-refractivity contribution in [1.29, 1.82) is 0 Å². The normalized spacial score (nSPS) is 24.5. The molecular formula is C21H40O5. The summed E-state index contributed by atoms with van der Waals surface area (Å²) in [5.74, 6) is 0. The molecule has 0 unspecified atom stereocenters. The molecule has 0 amide bonds. The summed E-state index contributed by atoms with van der Waals surface area (Å²) in [5.41, 5.74) is 0. The van der Waals surface area contributed by atoms with E-state index >= 15 is 0 Å². The molecule has 0 aromatic heterocycles. The van der Waals surface area contributed by atoms with Gasteiger partial charge < -0.3 is 24.8 Å². The summed E-state index contributed by atoms with van der Waals surface area (Å²) in [6, 6.07) is 0. The van der Waals surface area contributed by atoms with Crippen LogP contribution in [0.4, 0.5) is 0 Å². The van der Waals surface area contributed by atoms with Crippen LogP contribution < -0.4 is 0 Å². The van der Waals surface area contributed by atoms with E-state index in [0.717, 1.165) is 19.3 Å². The van der Waals surface area contributed by atoms with Crippen molar-refractivity contribution in [2.24, 2.45) is 0 Å². The Morgan fingerprint density at radius 1 is 1.00 bits per heavy atom. The molecule has 0 spiro atoms. The van der Waals surface area contributed by atoms with Crippen LogP contribution >= 0.6 is 0 Å². The van der Waals surface area contributed by atoms with Gasteiger partial charge in [-0.25, -0.2) is 0 Å². The Bertz CT molecular complexity index is 347. The molecule has 4 atom stereocenters. The van der Waals surface area contributed by atoms with Gasteiger partial charge >= 0.3 is 0 Å². The lowest BCUT2D eigenvalue weighted by Crippen LogP contribution is -2.41. The smallest absolute Gasteiger partial charge is 0.114 e. The third-order valence-corrected chi connectivity index (χ3v) is 4.97. The molecule has 1 rings (SSSR count). The molecular weight excluding hydrogens is 332 g/mol. The van der Waals surface area contributed by atoms with Crippen molar-refractivity contribution >= 4 is 0 Å². The lowest BCUT2D eigenvalue weighted by molar-refractivity contribution is -0.0729. The molecule has 0 saturated carbocycles. The fourth-order valence-electron chi connectivity index (χ4n) is 3.27. The molecule has 26 heavy (non-hydrogen) atoms. The Hall–Kier alpha value is -0.460. The molecule has 0 bridgehead atoms. The zero-order valence-corrected chi connectivity index (χ0v) is 16.5. The van der Waals surface area contributed by atoms with Gasteiger partial charge in [0.2, 0.25) is 0 Å². The number of allylic oxidation sites excluding steroid dienone is 2. The molecule has 5 heteroatoms. The van der Waals surface area contributed by atoms with E-state index in [0.29, 0.717) is 6.61 Å². The first-order chi connectivity index (χ1) is 12.7. The number of aliphatic hydroxyl groups excluding tert-OH is 3.